The second kappa shape index (κ2) is 7.45. The van der Waals surface area contributed by atoms with Crippen LogP contribution in [0.25, 0.3) is 0 Å². The number of amides is 1. The Hall–Kier alpha value is -2.82. The first-order valence-electron chi connectivity index (χ1n) is 7.29. The van der Waals surface area contributed by atoms with Gasteiger partial charge in [0.1, 0.15) is 0 Å². The van der Waals surface area contributed by atoms with E-state index in [9.17, 15) is 9.59 Å². The van der Waals surface area contributed by atoms with E-state index in [0.717, 1.165) is 22.5 Å². The molecule has 2 aromatic rings. The molecule has 0 aromatic heterocycles. The van der Waals surface area contributed by atoms with Crippen LogP contribution in [0.4, 0.5) is 11.4 Å². The van der Waals surface area contributed by atoms with E-state index in [-0.39, 0.29) is 12.5 Å². The van der Waals surface area contributed by atoms with E-state index in [1.54, 1.807) is 12.1 Å². The van der Waals surface area contributed by atoms with Gasteiger partial charge in [0.15, 0.2) is 0 Å². The molecule has 120 valence electrons. The van der Waals surface area contributed by atoms with Crippen molar-refractivity contribution in [3.63, 3.8) is 0 Å². The fraction of sp³-hybridized carbons (Fsp3) is 0.222. The van der Waals surface area contributed by atoms with Gasteiger partial charge in [-0.2, -0.15) is 0 Å². The van der Waals surface area contributed by atoms with Crippen molar-refractivity contribution in [1.82, 2.24) is 0 Å². The molecule has 23 heavy (non-hydrogen) atoms. The van der Waals surface area contributed by atoms with Crippen molar-refractivity contribution in [2.24, 2.45) is 0 Å². The Morgan fingerprint density at radius 1 is 1.09 bits per heavy atom. The Bertz CT molecular complexity index is 726. The van der Waals surface area contributed by atoms with Crippen LogP contribution in [0, 0.1) is 13.8 Å². The highest BCUT2D eigenvalue weighted by Gasteiger charge is 2.09. The molecule has 0 radical (unpaired) electrons. The summed E-state index contributed by atoms with van der Waals surface area (Å²) < 4.78 is 4.70. The van der Waals surface area contributed by atoms with Gasteiger partial charge < -0.3 is 15.4 Å². The molecule has 0 spiro atoms. The Kier molecular flexibility index (Phi) is 5.36. The van der Waals surface area contributed by atoms with Gasteiger partial charge in [-0.15, -0.1) is 0 Å². The van der Waals surface area contributed by atoms with E-state index in [1.165, 1.54) is 7.11 Å². The molecular formula is C18H20N2O3. The van der Waals surface area contributed by atoms with Crippen molar-refractivity contribution in [2.75, 3.05) is 24.3 Å². The van der Waals surface area contributed by atoms with Gasteiger partial charge in [0.25, 0.3) is 0 Å². The lowest BCUT2D eigenvalue weighted by Gasteiger charge is -2.11. The van der Waals surface area contributed by atoms with Crippen LogP contribution in [0.5, 0.6) is 0 Å². The number of anilines is 2. The first-order chi connectivity index (χ1) is 11.0. The molecule has 0 aliphatic rings. The van der Waals surface area contributed by atoms with Gasteiger partial charge in [-0.3, -0.25) is 4.79 Å². The topological polar surface area (TPSA) is 67.4 Å². The molecule has 2 aromatic carbocycles. The number of ether oxygens (including phenoxy) is 1. The van der Waals surface area contributed by atoms with Gasteiger partial charge in [-0.05, 0) is 49.2 Å². The van der Waals surface area contributed by atoms with Crippen LogP contribution in [0.3, 0.4) is 0 Å². The molecule has 2 N–H and O–H groups in total. The zero-order valence-electron chi connectivity index (χ0n) is 13.5. The maximum Gasteiger partial charge on any atom is 0.337 e. The molecule has 5 nitrogen and oxygen atoms in total. The van der Waals surface area contributed by atoms with Gasteiger partial charge in [0.2, 0.25) is 5.91 Å². The zero-order chi connectivity index (χ0) is 16.8. The Balaban J connectivity index is 2.00. The molecule has 2 rings (SSSR count). The highest BCUT2D eigenvalue weighted by atomic mass is 16.5. The summed E-state index contributed by atoms with van der Waals surface area (Å²) in [4.78, 5) is 23.6. The molecule has 0 fully saturated rings. The lowest BCUT2D eigenvalue weighted by molar-refractivity contribution is -0.114. The molecule has 0 saturated carbocycles. The van der Waals surface area contributed by atoms with Crippen LogP contribution in [0.15, 0.2) is 42.5 Å². The lowest BCUT2D eigenvalue weighted by atomic mass is 10.1. The highest BCUT2D eigenvalue weighted by molar-refractivity contribution is 5.94. The number of rotatable bonds is 5. The summed E-state index contributed by atoms with van der Waals surface area (Å²) in [6.45, 7) is 3.98. The molecule has 0 aliphatic heterocycles. The number of methoxy groups -OCH3 is 1. The summed E-state index contributed by atoms with van der Waals surface area (Å²) in [6.07, 6.45) is 0. The molecule has 1 amide bonds. The summed E-state index contributed by atoms with van der Waals surface area (Å²) in [7, 11) is 1.34. The van der Waals surface area contributed by atoms with Crippen molar-refractivity contribution in [1.29, 1.82) is 0 Å². The number of hydrogen-bond acceptors (Lipinski definition) is 4. The van der Waals surface area contributed by atoms with Crippen LogP contribution in [0.1, 0.15) is 21.5 Å². The number of aryl methyl sites for hydroxylation is 2. The van der Waals surface area contributed by atoms with Gasteiger partial charge in [-0.1, -0.05) is 18.2 Å². The van der Waals surface area contributed by atoms with Crippen molar-refractivity contribution < 1.29 is 14.3 Å². The fourth-order valence-corrected chi connectivity index (χ4v) is 2.16. The molecule has 0 aliphatic carbocycles. The number of hydrogen-bond donors (Lipinski definition) is 2. The lowest BCUT2D eigenvalue weighted by Crippen LogP contribution is -2.22. The number of esters is 1. The first-order valence-corrected chi connectivity index (χ1v) is 7.29. The minimum atomic E-state index is -0.405. The monoisotopic (exact) mass is 312 g/mol. The second-order valence-corrected chi connectivity index (χ2v) is 5.29. The van der Waals surface area contributed by atoms with E-state index < -0.39 is 5.97 Å². The Morgan fingerprint density at radius 2 is 1.87 bits per heavy atom. The Morgan fingerprint density at radius 3 is 2.57 bits per heavy atom. The number of benzene rings is 2. The third kappa shape index (κ3) is 4.57. The molecular weight excluding hydrogens is 292 g/mol. The van der Waals surface area contributed by atoms with Crippen molar-refractivity contribution in [3.05, 3.63) is 59.2 Å². The number of carbonyl (C=O) groups excluding carboxylic acids is 2. The summed E-state index contributed by atoms with van der Waals surface area (Å²) in [5.74, 6) is -0.560. The van der Waals surface area contributed by atoms with Gasteiger partial charge in [0.05, 0.1) is 19.2 Å². The van der Waals surface area contributed by atoms with Gasteiger partial charge in [-0.25, -0.2) is 4.79 Å². The number of nitrogens with one attached hydrogen (secondary N) is 2. The van der Waals surface area contributed by atoms with Crippen molar-refractivity contribution in [3.8, 4) is 0 Å². The van der Waals surface area contributed by atoms with E-state index in [4.69, 9.17) is 4.74 Å². The van der Waals surface area contributed by atoms with E-state index in [0.29, 0.717) is 5.56 Å². The average molecular weight is 312 g/mol. The van der Waals surface area contributed by atoms with Gasteiger partial charge >= 0.3 is 5.97 Å². The fourth-order valence-electron chi connectivity index (χ4n) is 2.16. The highest BCUT2D eigenvalue weighted by Crippen LogP contribution is 2.17. The summed E-state index contributed by atoms with van der Waals surface area (Å²) >= 11 is 0. The largest absolute Gasteiger partial charge is 0.465 e. The van der Waals surface area contributed by atoms with Crippen molar-refractivity contribution in [2.45, 2.75) is 13.8 Å². The third-order valence-electron chi connectivity index (χ3n) is 3.40. The molecule has 0 unspecified atom stereocenters. The van der Waals surface area contributed by atoms with Crippen LogP contribution in [-0.4, -0.2) is 25.5 Å². The first kappa shape index (κ1) is 16.5. The zero-order valence-corrected chi connectivity index (χ0v) is 13.5. The standard InChI is InChI=1S/C18H20N2O3/c1-12-5-4-6-15(9-12)20-17(21)11-19-16-10-14(18(22)23-3)8-7-13(16)2/h4-10,19H,11H2,1-3H3,(H,20,21). The molecule has 0 heterocycles. The SMILES string of the molecule is COC(=O)c1ccc(C)c(NCC(=O)Nc2cccc(C)c2)c1. The normalized spacial score (nSPS) is 10.0. The van der Waals surface area contributed by atoms with Crippen LogP contribution >= 0.6 is 0 Å². The van der Waals surface area contributed by atoms with Crippen LogP contribution < -0.4 is 10.6 Å². The average Bonchev–Trinajstić information content (AvgIpc) is 2.53. The maximum atomic E-state index is 12.0. The molecule has 0 bridgehead atoms. The third-order valence-corrected chi connectivity index (χ3v) is 3.40. The minimum Gasteiger partial charge on any atom is -0.465 e. The second-order valence-electron chi connectivity index (χ2n) is 5.29. The summed E-state index contributed by atoms with van der Waals surface area (Å²) in [5, 5.41) is 5.88. The van der Waals surface area contributed by atoms with Crippen LogP contribution in [0.2, 0.25) is 0 Å². The van der Waals surface area contributed by atoms with E-state index in [1.807, 2.05) is 44.2 Å². The molecule has 5 heteroatoms. The Labute approximate surface area is 135 Å². The van der Waals surface area contributed by atoms with E-state index >= 15 is 0 Å². The van der Waals surface area contributed by atoms with Crippen LogP contribution in [-0.2, 0) is 9.53 Å². The minimum absolute atomic E-state index is 0.111. The summed E-state index contributed by atoms with van der Waals surface area (Å²) in [5.41, 5.74) is 3.96. The smallest absolute Gasteiger partial charge is 0.337 e. The quantitative estimate of drug-likeness (QED) is 0.832. The molecule has 0 atom stereocenters. The van der Waals surface area contributed by atoms with E-state index in [2.05, 4.69) is 10.6 Å². The maximum absolute atomic E-state index is 12.0. The number of carbonyl (C=O) groups is 2. The predicted molar refractivity (Wildman–Crippen MR) is 90.8 cm³/mol. The van der Waals surface area contributed by atoms with Gasteiger partial charge in [0, 0.05) is 11.4 Å². The molecule has 0 saturated heterocycles. The predicted octanol–water partition coefficient (Wildman–Crippen LogP) is 3.14. The summed E-state index contributed by atoms with van der Waals surface area (Å²) in [6, 6.07) is 12.8. The van der Waals surface area contributed by atoms with Crippen molar-refractivity contribution >= 4 is 23.3 Å².